The molecule has 2 rings (SSSR count). The van der Waals surface area contributed by atoms with Crippen molar-refractivity contribution < 1.29 is 9.59 Å². The number of halogens is 2. The second-order valence-electron chi connectivity index (χ2n) is 4.59. The van der Waals surface area contributed by atoms with Crippen molar-refractivity contribution in [1.29, 1.82) is 0 Å². The average molecular weight is 337 g/mol. The Kier molecular flexibility index (Phi) is 5.41. The summed E-state index contributed by atoms with van der Waals surface area (Å²) < 4.78 is 0. The molecule has 2 aromatic carbocycles. The molecule has 0 atom stereocenters. The lowest BCUT2D eigenvalue weighted by molar-refractivity contribution is 0.0846. The quantitative estimate of drug-likeness (QED) is 0.841. The van der Waals surface area contributed by atoms with Gasteiger partial charge in [-0.3, -0.25) is 20.4 Å². The van der Waals surface area contributed by atoms with Gasteiger partial charge < -0.3 is 0 Å². The highest BCUT2D eigenvalue weighted by Gasteiger charge is 2.10. The first-order chi connectivity index (χ1) is 10.5. The van der Waals surface area contributed by atoms with Crippen LogP contribution in [0.25, 0.3) is 0 Å². The highest BCUT2D eigenvalue weighted by Crippen LogP contribution is 2.22. The SMILES string of the molecule is CCc1ccc(C(=O)NNC(=O)c2ccc(Cl)c(Cl)c2)cc1. The van der Waals surface area contributed by atoms with Crippen molar-refractivity contribution in [2.75, 3.05) is 0 Å². The van der Waals surface area contributed by atoms with Gasteiger partial charge in [0.2, 0.25) is 0 Å². The van der Waals surface area contributed by atoms with Gasteiger partial charge in [-0.1, -0.05) is 42.3 Å². The van der Waals surface area contributed by atoms with E-state index in [0.717, 1.165) is 12.0 Å². The molecule has 2 aromatic rings. The average Bonchev–Trinajstić information content (AvgIpc) is 2.54. The normalized spacial score (nSPS) is 10.1. The van der Waals surface area contributed by atoms with E-state index >= 15 is 0 Å². The second kappa shape index (κ2) is 7.29. The number of benzene rings is 2. The maximum atomic E-state index is 11.9. The first-order valence-corrected chi connectivity index (χ1v) is 7.41. The van der Waals surface area contributed by atoms with Crippen molar-refractivity contribution in [3.8, 4) is 0 Å². The standard InChI is InChI=1S/C16H14Cl2N2O2/c1-2-10-3-5-11(6-4-10)15(21)19-20-16(22)12-7-8-13(17)14(18)9-12/h3-9H,2H2,1H3,(H,19,21)(H,20,22). The molecular weight excluding hydrogens is 323 g/mol. The van der Waals surface area contributed by atoms with Crippen molar-refractivity contribution in [1.82, 2.24) is 10.9 Å². The predicted octanol–water partition coefficient (Wildman–Crippen LogP) is 3.63. The zero-order chi connectivity index (χ0) is 16.1. The molecule has 4 nitrogen and oxygen atoms in total. The molecule has 0 saturated carbocycles. The summed E-state index contributed by atoms with van der Waals surface area (Å²) in [4.78, 5) is 23.8. The number of amides is 2. The summed E-state index contributed by atoms with van der Waals surface area (Å²) in [5, 5.41) is 0.633. The fraction of sp³-hybridized carbons (Fsp3) is 0.125. The Balaban J connectivity index is 1.97. The fourth-order valence-electron chi connectivity index (χ4n) is 1.79. The van der Waals surface area contributed by atoms with Crippen molar-refractivity contribution in [2.24, 2.45) is 0 Å². The van der Waals surface area contributed by atoms with Gasteiger partial charge in [-0.2, -0.15) is 0 Å². The minimum atomic E-state index is -0.475. The third kappa shape index (κ3) is 4.00. The Morgan fingerprint density at radius 2 is 1.41 bits per heavy atom. The molecule has 0 unspecified atom stereocenters. The number of aryl methyl sites for hydroxylation is 1. The fourth-order valence-corrected chi connectivity index (χ4v) is 2.09. The number of carbonyl (C=O) groups is 2. The van der Waals surface area contributed by atoms with Crippen LogP contribution < -0.4 is 10.9 Å². The number of carbonyl (C=O) groups excluding carboxylic acids is 2. The minimum Gasteiger partial charge on any atom is -0.267 e. The van der Waals surface area contributed by atoms with E-state index < -0.39 is 11.8 Å². The molecule has 0 heterocycles. The Morgan fingerprint density at radius 3 is 1.95 bits per heavy atom. The topological polar surface area (TPSA) is 58.2 Å². The molecule has 0 fully saturated rings. The van der Waals surface area contributed by atoms with Gasteiger partial charge >= 0.3 is 0 Å². The van der Waals surface area contributed by atoms with E-state index in [4.69, 9.17) is 23.2 Å². The van der Waals surface area contributed by atoms with Crippen LogP contribution in [0, 0.1) is 0 Å². The first kappa shape index (κ1) is 16.3. The Bertz CT molecular complexity index is 700. The van der Waals surface area contributed by atoms with Crippen LogP contribution in [0.15, 0.2) is 42.5 Å². The Morgan fingerprint density at radius 1 is 0.864 bits per heavy atom. The molecule has 0 bridgehead atoms. The summed E-state index contributed by atoms with van der Waals surface area (Å²) in [5.41, 5.74) is 6.59. The molecular formula is C16H14Cl2N2O2. The molecule has 22 heavy (non-hydrogen) atoms. The summed E-state index contributed by atoms with van der Waals surface area (Å²) >= 11 is 11.6. The van der Waals surface area contributed by atoms with E-state index in [1.54, 1.807) is 12.1 Å². The van der Waals surface area contributed by atoms with Gasteiger partial charge in [0.15, 0.2) is 0 Å². The van der Waals surface area contributed by atoms with Crippen LogP contribution in [0.2, 0.25) is 10.0 Å². The van der Waals surface area contributed by atoms with E-state index in [-0.39, 0.29) is 5.02 Å². The van der Waals surface area contributed by atoms with Crippen molar-refractivity contribution in [3.63, 3.8) is 0 Å². The monoisotopic (exact) mass is 336 g/mol. The van der Waals surface area contributed by atoms with E-state index in [1.165, 1.54) is 18.2 Å². The molecule has 0 aliphatic carbocycles. The van der Waals surface area contributed by atoms with E-state index in [2.05, 4.69) is 10.9 Å². The lowest BCUT2D eigenvalue weighted by Crippen LogP contribution is -2.41. The summed E-state index contributed by atoms with van der Waals surface area (Å²) in [7, 11) is 0. The summed E-state index contributed by atoms with van der Waals surface area (Å²) in [6, 6.07) is 11.6. The van der Waals surface area contributed by atoms with Crippen LogP contribution in [-0.2, 0) is 6.42 Å². The minimum absolute atomic E-state index is 0.274. The van der Waals surface area contributed by atoms with Crippen molar-refractivity contribution in [2.45, 2.75) is 13.3 Å². The van der Waals surface area contributed by atoms with Crippen LogP contribution in [0.5, 0.6) is 0 Å². The summed E-state index contributed by atoms with van der Waals surface area (Å²) in [6.45, 7) is 2.03. The molecule has 114 valence electrons. The third-order valence-electron chi connectivity index (χ3n) is 3.10. The lowest BCUT2D eigenvalue weighted by Gasteiger charge is -2.08. The Labute approximate surface area is 138 Å². The summed E-state index contributed by atoms with van der Waals surface area (Å²) in [5.74, 6) is -0.867. The van der Waals surface area contributed by atoms with E-state index in [1.807, 2.05) is 19.1 Å². The molecule has 0 aliphatic heterocycles. The molecule has 0 aliphatic rings. The van der Waals surface area contributed by atoms with Gasteiger partial charge in [0.05, 0.1) is 10.0 Å². The highest BCUT2D eigenvalue weighted by atomic mass is 35.5. The third-order valence-corrected chi connectivity index (χ3v) is 3.83. The van der Waals surface area contributed by atoms with Gasteiger partial charge in [-0.15, -0.1) is 0 Å². The van der Waals surface area contributed by atoms with Crippen LogP contribution in [-0.4, -0.2) is 11.8 Å². The van der Waals surface area contributed by atoms with E-state index in [0.29, 0.717) is 16.1 Å². The van der Waals surface area contributed by atoms with Crippen molar-refractivity contribution in [3.05, 3.63) is 69.2 Å². The van der Waals surface area contributed by atoms with Gasteiger partial charge in [0.1, 0.15) is 0 Å². The second-order valence-corrected chi connectivity index (χ2v) is 5.40. The summed E-state index contributed by atoms with van der Waals surface area (Å²) in [6.07, 6.45) is 0.899. The highest BCUT2D eigenvalue weighted by molar-refractivity contribution is 6.42. The van der Waals surface area contributed by atoms with Gasteiger partial charge in [-0.05, 0) is 42.3 Å². The van der Waals surface area contributed by atoms with Crippen molar-refractivity contribution >= 4 is 35.0 Å². The molecule has 2 amide bonds. The molecule has 2 N–H and O–H groups in total. The van der Waals surface area contributed by atoms with Crippen LogP contribution in [0.3, 0.4) is 0 Å². The van der Waals surface area contributed by atoms with Gasteiger partial charge in [-0.25, -0.2) is 0 Å². The molecule has 6 heteroatoms. The first-order valence-electron chi connectivity index (χ1n) is 6.66. The molecule has 0 radical (unpaired) electrons. The predicted molar refractivity (Wildman–Crippen MR) is 87.2 cm³/mol. The van der Waals surface area contributed by atoms with Crippen LogP contribution in [0.1, 0.15) is 33.2 Å². The number of hydrogen-bond acceptors (Lipinski definition) is 2. The largest absolute Gasteiger partial charge is 0.269 e. The van der Waals surface area contributed by atoms with Crippen LogP contribution in [0.4, 0.5) is 0 Å². The number of nitrogens with one attached hydrogen (secondary N) is 2. The zero-order valence-electron chi connectivity index (χ0n) is 11.8. The molecule has 0 aromatic heterocycles. The maximum absolute atomic E-state index is 11.9. The number of hydrazine groups is 1. The maximum Gasteiger partial charge on any atom is 0.269 e. The van der Waals surface area contributed by atoms with E-state index in [9.17, 15) is 9.59 Å². The van der Waals surface area contributed by atoms with Gasteiger partial charge in [0, 0.05) is 11.1 Å². The molecule has 0 saturated heterocycles. The molecule has 0 spiro atoms. The zero-order valence-corrected chi connectivity index (χ0v) is 13.3. The van der Waals surface area contributed by atoms with Crippen LogP contribution >= 0.6 is 23.2 Å². The number of rotatable bonds is 3. The lowest BCUT2D eigenvalue weighted by atomic mass is 10.1. The Hall–Kier alpha value is -2.04. The van der Waals surface area contributed by atoms with Gasteiger partial charge in [0.25, 0.3) is 11.8 Å². The smallest absolute Gasteiger partial charge is 0.267 e. The number of hydrogen-bond donors (Lipinski definition) is 2.